The quantitative estimate of drug-likeness (QED) is 0.153. The van der Waals surface area contributed by atoms with Crippen LogP contribution in [0.25, 0.3) is 21.5 Å². The van der Waals surface area contributed by atoms with E-state index in [1.54, 1.807) is 36.4 Å². The van der Waals surface area contributed by atoms with Gasteiger partial charge in [-0.2, -0.15) is 5.11 Å². The molecule has 14 heteroatoms. The molecule has 0 aromatic heterocycles. The number of aromatic carboxylic acids is 2. The number of fused-ring (bicyclic) bond motifs is 2. The van der Waals surface area contributed by atoms with Crippen molar-refractivity contribution in [1.29, 1.82) is 0 Å². The lowest BCUT2D eigenvalue weighted by atomic mass is 10.1. The van der Waals surface area contributed by atoms with Crippen LogP contribution in [0.5, 0.6) is 11.5 Å². The van der Waals surface area contributed by atoms with Gasteiger partial charge in [0.1, 0.15) is 11.4 Å². The number of nitrogen functional groups attached to an aromatic ring is 1. The fourth-order valence-electron chi connectivity index (χ4n) is 4.15. The molecule has 210 valence electrons. The number of azo groups is 2. The van der Waals surface area contributed by atoms with E-state index < -0.39 is 40.2 Å². The topological polar surface area (TPSA) is 225 Å². The summed E-state index contributed by atoms with van der Waals surface area (Å²) >= 11 is -2.96. The van der Waals surface area contributed by atoms with Crippen LogP contribution in [0.3, 0.4) is 0 Å². The van der Waals surface area contributed by atoms with Gasteiger partial charge < -0.3 is 39.4 Å². The Morgan fingerprint density at radius 2 is 1.36 bits per heavy atom. The number of hydrogen-bond acceptors (Lipinski definition) is 13. The normalized spacial score (nSPS) is 12.3. The van der Waals surface area contributed by atoms with Crippen molar-refractivity contribution >= 4 is 73.3 Å². The van der Waals surface area contributed by atoms with Crippen LogP contribution >= 0.6 is 0 Å². The zero-order valence-corrected chi connectivity index (χ0v) is 21.9. The Labute approximate surface area is 238 Å². The Morgan fingerprint density at radius 3 is 1.93 bits per heavy atom. The number of carbonyl (C=O) groups is 2. The number of aromatic hydroxyl groups is 1. The van der Waals surface area contributed by atoms with Crippen molar-refractivity contribution in [3.63, 3.8) is 0 Å². The first-order chi connectivity index (χ1) is 20.1. The van der Waals surface area contributed by atoms with E-state index >= 15 is 0 Å². The predicted molar refractivity (Wildman–Crippen MR) is 147 cm³/mol. The molecule has 13 nitrogen and oxygen atoms in total. The van der Waals surface area contributed by atoms with Crippen molar-refractivity contribution < 1.29 is 37.9 Å². The summed E-state index contributed by atoms with van der Waals surface area (Å²) in [7, 11) is 0. The van der Waals surface area contributed by atoms with E-state index in [2.05, 4.69) is 20.5 Å². The van der Waals surface area contributed by atoms with Crippen molar-refractivity contribution in [2.75, 3.05) is 5.73 Å². The Balaban J connectivity index is 1.57. The number of phenols is 1. The first-order valence-electron chi connectivity index (χ1n) is 11.9. The molecule has 0 saturated carbocycles. The van der Waals surface area contributed by atoms with Crippen molar-refractivity contribution in [1.82, 2.24) is 0 Å². The molecule has 5 aromatic carbocycles. The van der Waals surface area contributed by atoms with Crippen LogP contribution < -0.4 is 20.1 Å². The van der Waals surface area contributed by atoms with Gasteiger partial charge in [-0.3, -0.25) is 0 Å². The molecule has 5 aromatic rings. The molecular formula is C28H16N5O8S-3. The molecule has 0 aliphatic carbocycles. The highest BCUT2D eigenvalue weighted by Gasteiger charge is 2.16. The lowest BCUT2D eigenvalue weighted by molar-refractivity contribution is -0.255. The summed E-state index contributed by atoms with van der Waals surface area (Å²) in [5.74, 6) is -3.84. The average Bonchev–Trinajstić information content (AvgIpc) is 2.96. The third-order valence-corrected chi connectivity index (χ3v) is 6.35. The monoisotopic (exact) mass is 582 g/mol. The van der Waals surface area contributed by atoms with Crippen LogP contribution in [0.4, 0.5) is 28.4 Å². The molecule has 0 aliphatic heterocycles. The first-order valence-corrected chi connectivity index (χ1v) is 12.9. The van der Waals surface area contributed by atoms with Crippen molar-refractivity contribution in [2.24, 2.45) is 20.5 Å². The number of phenolic OH excluding ortho intramolecular Hbond substituents is 1. The Bertz CT molecular complexity index is 1960. The van der Waals surface area contributed by atoms with Gasteiger partial charge in [0.15, 0.2) is 17.2 Å². The van der Waals surface area contributed by atoms with Gasteiger partial charge in [-0.1, -0.05) is 30.3 Å². The van der Waals surface area contributed by atoms with E-state index in [1.807, 2.05) is 0 Å². The predicted octanol–water partition coefficient (Wildman–Crippen LogP) is 4.01. The molecule has 5 rings (SSSR count). The van der Waals surface area contributed by atoms with E-state index in [4.69, 9.17) is 9.92 Å². The fraction of sp³-hybridized carbons (Fsp3) is 0. The van der Waals surface area contributed by atoms with Crippen LogP contribution in [-0.2, 0) is 11.4 Å². The Hall–Kier alpha value is -5.73. The molecule has 0 radical (unpaired) electrons. The van der Waals surface area contributed by atoms with Crippen molar-refractivity contribution in [3.8, 4) is 11.5 Å². The zero-order chi connectivity index (χ0) is 30.0. The van der Waals surface area contributed by atoms with E-state index in [0.29, 0.717) is 38.6 Å². The molecule has 0 saturated heterocycles. The summed E-state index contributed by atoms with van der Waals surface area (Å²) in [6.45, 7) is 0. The van der Waals surface area contributed by atoms with E-state index in [1.165, 1.54) is 24.3 Å². The number of carbonyl (C=O) groups excluding carboxylic acids is 2. The summed E-state index contributed by atoms with van der Waals surface area (Å²) in [5.41, 5.74) is 5.71. The molecule has 3 N–H and O–H groups in total. The number of carboxylic acid groups (broad SMARTS) is 2. The molecule has 1 unspecified atom stereocenters. The molecular weight excluding hydrogens is 566 g/mol. The standard InChI is InChI=1S/C28H19N5O8S/c29-17-6-5-14-12-24(41-42(39)40)25(26(34)21(14)13-17)33-32-23-8-7-22(19-3-1-2-4-20(19)23)31-30-18-10-15(27(35)36)9-16(11-18)28(37)38/h1-13,34H,29H2,(H,35,36)(H,37,38)(H,39,40)/p-3. The summed E-state index contributed by atoms with van der Waals surface area (Å²) in [6.07, 6.45) is 0. The summed E-state index contributed by atoms with van der Waals surface area (Å²) < 4.78 is 27.4. The van der Waals surface area contributed by atoms with Gasteiger partial charge >= 0.3 is 0 Å². The fourth-order valence-corrected chi connectivity index (χ4v) is 4.43. The molecule has 0 amide bonds. The molecule has 0 spiro atoms. The van der Waals surface area contributed by atoms with Crippen LogP contribution in [0.15, 0.2) is 99.3 Å². The lowest BCUT2D eigenvalue weighted by Crippen LogP contribution is -2.25. The second-order valence-corrected chi connectivity index (χ2v) is 9.31. The van der Waals surface area contributed by atoms with E-state index in [9.17, 15) is 33.7 Å². The van der Waals surface area contributed by atoms with E-state index in [0.717, 1.165) is 18.2 Å². The number of rotatable bonds is 8. The average molecular weight is 583 g/mol. The Morgan fingerprint density at radius 1 is 0.762 bits per heavy atom. The largest absolute Gasteiger partial charge is 0.740 e. The maximum atomic E-state index is 11.3. The number of carboxylic acids is 2. The third kappa shape index (κ3) is 5.74. The first kappa shape index (κ1) is 27.8. The minimum Gasteiger partial charge on any atom is -0.740 e. The molecule has 0 bridgehead atoms. The Kier molecular flexibility index (Phi) is 7.55. The van der Waals surface area contributed by atoms with Gasteiger partial charge in [0.05, 0.1) is 29.0 Å². The second-order valence-electron chi connectivity index (χ2n) is 8.73. The number of hydrogen-bond donors (Lipinski definition) is 2. The molecule has 42 heavy (non-hydrogen) atoms. The molecule has 0 fully saturated rings. The molecule has 0 aliphatic rings. The van der Waals surface area contributed by atoms with Gasteiger partial charge in [-0.25, -0.2) is 4.21 Å². The maximum absolute atomic E-state index is 11.3. The van der Waals surface area contributed by atoms with E-state index in [-0.39, 0.29) is 17.1 Å². The minimum absolute atomic E-state index is 0.0561. The van der Waals surface area contributed by atoms with Gasteiger partial charge in [0, 0.05) is 33.0 Å². The van der Waals surface area contributed by atoms with Gasteiger partial charge in [0.2, 0.25) is 0 Å². The lowest BCUT2D eigenvalue weighted by Gasteiger charge is -2.13. The highest BCUT2D eigenvalue weighted by atomic mass is 32.2. The van der Waals surface area contributed by atoms with Crippen LogP contribution in [0.1, 0.15) is 20.7 Å². The maximum Gasteiger partial charge on any atom is 0.171 e. The zero-order valence-electron chi connectivity index (χ0n) is 21.1. The van der Waals surface area contributed by atoms with Crippen molar-refractivity contribution in [2.45, 2.75) is 0 Å². The molecule has 1 atom stereocenters. The number of nitrogens with two attached hydrogens (primary N) is 1. The van der Waals surface area contributed by atoms with Crippen LogP contribution in [0, 0.1) is 0 Å². The van der Waals surface area contributed by atoms with Crippen molar-refractivity contribution in [3.05, 3.63) is 90.0 Å². The summed E-state index contributed by atoms with van der Waals surface area (Å²) in [4.78, 5) is 22.6. The third-order valence-electron chi connectivity index (χ3n) is 6.03. The number of anilines is 1. The minimum atomic E-state index is -2.96. The second kappa shape index (κ2) is 11.4. The summed E-state index contributed by atoms with van der Waals surface area (Å²) in [5, 5.41) is 51.7. The van der Waals surface area contributed by atoms with Crippen LogP contribution in [-0.4, -0.2) is 25.8 Å². The van der Waals surface area contributed by atoms with Gasteiger partial charge in [-0.05, 0) is 53.9 Å². The highest BCUT2D eigenvalue weighted by Crippen LogP contribution is 2.45. The SMILES string of the molecule is Nc1ccc2cc(OS(=O)[O-])c(N=Nc3ccc(N=Nc4cc(C(=O)[O-])cc(C(=O)[O-])c4)c4ccccc34)c(O)c2c1. The molecule has 0 heterocycles. The van der Waals surface area contributed by atoms with Gasteiger partial charge in [0.25, 0.3) is 0 Å². The highest BCUT2D eigenvalue weighted by molar-refractivity contribution is 7.74. The smallest absolute Gasteiger partial charge is 0.171 e. The summed E-state index contributed by atoms with van der Waals surface area (Å²) in [6, 6.07) is 19.1. The van der Waals surface area contributed by atoms with Crippen LogP contribution in [0.2, 0.25) is 0 Å². The number of nitrogens with zero attached hydrogens (tertiary/aromatic N) is 4. The van der Waals surface area contributed by atoms with Gasteiger partial charge in [-0.15, -0.1) is 15.3 Å². The number of benzene rings is 5.